The van der Waals surface area contributed by atoms with Crippen LogP contribution in [0.2, 0.25) is 10.0 Å². The van der Waals surface area contributed by atoms with Crippen molar-refractivity contribution >= 4 is 35.1 Å². The van der Waals surface area contributed by atoms with Gasteiger partial charge >= 0.3 is 0 Å². The van der Waals surface area contributed by atoms with Gasteiger partial charge in [0, 0.05) is 5.56 Å². The summed E-state index contributed by atoms with van der Waals surface area (Å²) in [7, 11) is 0. The minimum absolute atomic E-state index is 0.0752. The first-order valence-electron chi connectivity index (χ1n) is 5.80. The van der Waals surface area contributed by atoms with E-state index >= 15 is 0 Å². The normalized spacial score (nSPS) is 10.4. The molecule has 110 valence electrons. The highest BCUT2D eigenvalue weighted by molar-refractivity contribution is 6.39. The van der Waals surface area contributed by atoms with Crippen molar-refractivity contribution in [3.05, 3.63) is 39.6 Å². The number of nitrogens with zero attached hydrogens (tertiary/aromatic N) is 1. The molecule has 0 aliphatic carbocycles. The van der Waals surface area contributed by atoms with Crippen molar-refractivity contribution < 1.29 is 19.2 Å². The molecule has 0 bridgehead atoms. The number of hydrogen-bond donors (Lipinski definition) is 1. The van der Waals surface area contributed by atoms with Gasteiger partial charge in [-0.15, -0.1) is 0 Å². The zero-order valence-electron chi connectivity index (χ0n) is 10.8. The molecule has 0 atom stereocenters. The van der Waals surface area contributed by atoms with Crippen LogP contribution in [-0.2, 0) is 4.79 Å². The number of carbonyl (C=O) groups is 2. The largest absolute Gasteiger partial charge is 0.548 e. The van der Waals surface area contributed by atoms with E-state index in [9.17, 15) is 14.7 Å². The number of aryl methyl sites for hydroxylation is 1. The fraction of sp³-hybridized carbons (Fsp3) is 0.154. The topological polar surface area (TPSA) is 95.3 Å². The first-order valence-corrected chi connectivity index (χ1v) is 6.56. The summed E-state index contributed by atoms with van der Waals surface area (Å²) in [4.78, 5) is 22.5. The van der Waals surface area contributed by atoms with Crippen LogP contribution in [0.4, 0.5) is 0 Å². The monoisotopic (exact) mass is 327 g/mol. The number of aromatic nitrogens is 1. The molecule has 8 heteroatoms. The Kier molecular flexibility index (Phi) is 4.50. The van der Waals surface area contributed by atoms with Crippen LogP contribution < -0.4 is 10.4 Å². The highest BCUT2D eigenvalue weighted by atomic mass is 35.5. The molecule has 1 amide bonds. The van der Waals surface area contributed by atoms with Gasteiger partial charge in [0.15, 0.2) is 0 Å². The zero-order chi connectivity index (χ0) is 15.6. The van der Waals surface area contributed by atoms with Crippen LogP contribution >= 0.6 is 23.2 Å². The summed E-state index contributed by atoms with van der Waals surface area (Å²) >= 11 is 12.2. The van der Waals surface area contributed by atoms with Crippen molar-refractivity contribution in [3.8, 4) is 11.3 Å². The van der Waals surface area contributed by atoms with Gasteiger partial charge in [-0.2, -0.15) is 0 Å². The lowest BCUT2D eigenvalue weighted by atomic mass is 10.1. The molecule has 0 fully saturated rings. The Morgan fingerprint density at radius 2 is 1.95 bits per heavy atom. The zero-order valence-corrected chi connectivity index (χ0v) is 12.3. The number of benzene rings is 1. The molecule has 1 aromatic carbocycles. The molecule has 0 aliphatic heterocycles. The molecular weight excluding hydrogens is 319 g/mol. The van der Waals surface area contributed by atoms with Crippen molar-refractivity contribution in [2.45, 2.75) is 6.92 Å². The van der Waals surface area contributed by atoms with Gasteiger partial charge in [-0.25, -0.2) is 0 Å². The number of hydrogen-bond acceptors (Lipinski definition) is 5. The minimum atomic E-state index is -1.41. The molecule has 0 saturated heterocycles. The second-order valence-corrected chi connectivity index (χ2v) is 4.93. The van der Waals surface area contributed by atoms with Gasteiger partial charge in [-0.3, -0.25) is 4.79 Å². The van der Waals surface area contributed by atoms with Crippen molar-refractivity contribution in [2.75, 3.05) is 6.54 Å². The van der Waals surface area contributed by atoms with E-state index < -0.39 is 18.4 Å². The molecule has 2 aromatic rings. The van der Waals surface area contributed by atoms with Crippen LogP contribution in [0.5, 0.6) is 0 Å². The van der Waals surface area contributed by atoms with Crippen molar-refractivity contribution in [1.82, 2.24) is 10.5 Å². The van der Waals surface area contributed by atoms with E-state index in [0.29, 0.717) is 15.6 Å². The summed E-state index contributed by atoms with van der Waals surface area (Å²) in [5, 5.41) is 17.0. The molecule has 1 N–H and O–H groups in total. The van der Waals surface area contributed by atoms with Gasteiger partial charge in [-0.1, -0.05) is 34.4 Å². The predicted molar refractivity (Wildman–Crippen MR) is 74.0 cm³/mol. The van der Waals surface area contributed by atoms with Gasteiger partial charge in [0.1, 0.15) is 17.0 Å². The van der Waals surface area contributed by atoms with Crippen LogP contribution in [0.15, 0.2) is 22.7 Å². The van der Waals surface area contributed by atoms with E-state index in [1.807, 2.05) is 0 Å². The van der Waals surface area contributed by atoms with Gasteiger partial charge in [0.05, 0.1) is 22.6 Å². The fourth-order valence-corrected chi connectivity index (χ4v) is 2.35. The Morgan fingerprint density at radius 3 is 2.52 bits per heavy atom. The van der Waals surface area contributed by atoms with E-state index in [-0.39, 0.29) is 17.0 Å². The Hall–Kier alpha value is -2.05. The van der Waals surface area contributed by atoms with E-state index in [0.717, 1.165) is 0 Å². The average Bonchev–Trinajstić information content (AvgIpc) is 2.78. The lowest BCUT2D eigenvalue weighted by Gasteiger charge is -2.08. The maximum absolute atomic E-state index is 12.1. The third-order valence-electron chi connectivity index (χ3n) is 2.68. The Labute approximate surface area is 129 Å². The molecular formula is C13H9Cl2N2O4-. The molecule has 0 aliphatic rings. The predicted octanol–water partition coefficient (Wildman–Crippen LogP) is 1.44. The summed E-state index contributed by atoms with van der Waals surface area (Å²) < 4.78 is 5.00. The highest BCUT2D eigenvalue weighted by Crippen LogP contribution is 2.36. The molecule has 0 saturated carbocycles. The number of aliphatic carboxylic acids is 1. The molecule has 1 heterocycles. The molecule has 2 rings (SSSR count). The van der Waals surface area contributed by atoms with Crippen molar-refractivity contribution in [3.63, 3.8) is 0 Å². The number of rotatable bonds is 4. The standard InChI is InChI=1S/C13H10Cl2N2O4/c1-6-10(13(20)16-5-9(18)19)12(17-21-6)11-7(14)3-2-4-8(11)15/h2-4H,5H2,1H3,(H,16,20)(H,18,19)/p-1. The van der Waals surface area contributed by atoms with Gasteiger partial charge < -0.3 is 19.7 Å². The Bertz CT molecular complexity index is 692. The molecule has 0 unspecified atom stereocenters. The molecule has 21 heavy (non-hydrogen) atoms. The smallest absolute Gasteiger partial charge is 0.257 e. The second-order valence-electron chi connectivity index (χ2n) is 4.11. The number of carboxylic acids is 1. The number of amides is 1. The third-order valence-corrected chi connectivity index (χ3v) is 3.31. The van der Waals surface area contributed by atoms with Crippen LogP contribution in [-0.4, -0.2) is 23.6 Å². The lowest BCUT2D eigenvalue weighted by Crippen LogP contribution is -2.37. The Morgan fingerprint density at radius 1 is 1.33 bits per heavy atom. The van der Waals surface area contributed by atoms with E-state index in [2.05, 4.69) is 10.5 Å². The lowest BCUT2D eigenvalue weighted by molar-refractivity contribution is -0.303. The van der Waals surface area contributed by atoms with Crippen molar-refractivity contribution in [2.24, 2.45) is 0 Å². The summed E-state index contributed by atoms with van der Waals surface area (Å²) in [6.07, 6.45) is 0. The van der Waals surface area contributed by atoms with E-state index in [4.69, 9.17) is 27.7 Å². The number of halogens is 2. The number of nitrogens with one attached hydrogen (secondary N) is 1. The van der Waals surface area contributed by atoms with Crippen LogP contribution in [0.25, 0.3) is 11.3 Å². The van der Waals surface area contributed by atoms with Crippen LogP contribution in [0, 0.1) is 6.92 Å². The summed E-state index contributed by atoms with van der Waals surface area (Å²) in [6, 6.07) is 4.84. The Balaban J connectivity index is 2.48. The first kappa shape index (κ1) is 15.3. The molecule has 1 aromatic heterocycles. The summed E-state index contributed by atoms with van der Waals surface area (Å²) in [6.45, 7) is 0.897. The van der Waals surface area contributed by atoms with E-state index in [1.165, 1.54) is 6.92 Å². The van der Waals surface area contributed by atoms with Gasteiger partial charge in [0.2, 0.25) is 0 Å². The summed E-state index contributed by atoms with van der Waals surface area (Å²) in [5.74, 6) is -1.85. The highest BCUT2D eigenvalue weighted by Gasteiger charge is 2.24. The van der Waals surface area contributed by atoms with Gasteiger partial charge in [0.25, 0.3) is 5.91 Å². The fourth-order valence-electron chi connectivity index (χ4n) is 1.78. The van der Waals surface area contributed by atoms with Crippen LogP contribution in [0.1, 0.15) is 16.1 Å². The minimum Gasteiger partial charge on any atom is -0.548 e. The SMILES string of the molecule is Cc1onc(-c2c(Cl)cccc2Cl)c1C(=O)NCC(=O)[O-]. The first-order chi connectivity index (χ1) is 9.91. The maximum atomic E-state index is 12.1. The molecule has 0 radical (unpaired) electrons. The number of carboxylic acid groups (broad SMARTS) is 1. The molecule has 6 nitrogen and oxygen atoms in total. The van der Waals surface area contributed by atoms with Crippen LogP contribution in [0.3, 0.4) is 0 Å². The van der Waals surface area contributed by atoms with E-state index in [1.54, 1.807) is 18.2 Å². The third kappa shape index (κ3) is 3.17. The second kappa shape index (κ2) is 6.15. The van der Waals surface area contributed by atoms with Crippen molar-refractivity contribution in [1.29, 1.82) is 0 Å². The quantitative estimate of drug-likeness (QED) is 0.916. The number of carbonyl (C=O) groups excluding carboxylic acids is 2. The maximum Gasteiger partial charge on any atom is 0.257 e. The average molecular weight is 328 g/mol. The van der Waals surface area contributed by atoms with Gasteiger partial charge in [-0.05, 0) is 19.1 Å². The molecule has 0 spiro atoms. The summed E-state index contributed by atoms with van der Waals surface area (Å²) in [5.41, 5.74) is 0.571.